The molecule has 11 nitrogen and oxygen atoms in total. The molecule has 4 rings (SSSR count). The van der Waals surface area contributed by atoms with Gasteiger partial charge in [-0.2, -0.15) is 8.78 Å². The maximum atomic E-state index is 12.6. The Hall–Kier alpha value is -4.23. The molecule has 0 saturated carbocycles. The third-order valence-corrected chi connectivity index (χ3v) is 6.98. The number of alkyl halides is 2. The van der Waals surface area contributed by atoms with Crippen LogP contribution in [0.15, 0.2) is 48.7 Å². The molecule has 1 saturated heterocycles. The van der Waals surface area contributed by atoms with Crippen LogP contribution in [0.2, 0.25) is 5.02 Å². The van der Waals surface area contributed by atoms with Crippen molar-refractivity contribution in [2.75, 3.05) is 6.61 Å². The zero-order valence-corrected chi connectivity index (χ0v) is 24.9. The van der Waals surface area contributed by atoms with Gasteiger partial charge in [0.05, 0.1) is 10.5 Å². The number of esters is 4. The van der Waals surface area contributed by atoms with Crippen LogP contribution in [0.5, 0.6) is 5.75 Å². The summed E-state index contributed by atoms with van der Waals surface area (Å²) in [6.45, 7) is 1.28. The Morgan fingerprint density at radius 3 is 2.07 bits per heavy atom. The number of fused-ring (bicyclic) bond motifs is 1. The van der Waals surface area contributed by atoms with Gasteiger partial charge in [0.25, 0.3) is 0 Å². The fourth-order valence-electron chi connectivity index (χ4n) is 5.13. The number of rotatable bonds is 10. The van der Waals surface area contributed by atoms with Gasteiger partial charge < -0.3 is 33.0 Å². The van der Waals surface area contributed by atoms with E-state index in [2.05, 4.69) is 4.74 Å². The molecule has 1 aliphatic heterocycles. The summed E-state index contributed by atoms with van der Waals surface area (Å²) >= 11 is 6.65. The van der Waals surface area contributed by atoms with Crippen molar-refractivity contribution in [1.29, 1.82) is 0 Å². The molecular weight excluding hydrogens is 608 g/mol. The van der Waals surface area contributed by atoms with Crippen LogP contribution in [0.25, 0.3) is 10.9 Å². The van der Waals surface area contributed by atoms with Gasteiger partial charge in [0.15, 0.2) is 24.5 Å². The molecule has 0 unspecified atom stereocenters. The summed E-state index contributed by atoms with van der Waals surface area (Å²) in [5.74, 6) is -2.86. The summed E-state index contributed by atoms with van der Waals surface area (Å²) in [7, 11) is 0. The van der Waals surface area contributed by atoms with E-state index >= 15 is 0 Å². The number of aromatic nitrogens is 1. The molecule has 1 fully saturated rings. The van der Waals surface area contributed by atoms with Crippen molar-refractivity contribution < 1.29 is 56.4 Å². The summed E-state index contributed by atoms with van der Waals surface area (Å²) < 4.78 is 59.5. The predicted octanol–water partition coefficient (Wildman–Crippen LogP) is 4.74. The highest BCUT2D eigenvalue weighted by atomic mass is 35.5. The Labute approximate surface area is 255 Å². The normalized spacial score (nSPS) is 21.5. The van der Waals surface area contributed by atoms with Crippen molar-refractivity contribution in [1.82, 2.24) is 4.57 Å². The zero-order chi connectivity index (χ0) is 32.1. The standard InChI is InChI=1S/C30H30ClF2NO10/c1-15(35)39-14-24-26(40-16(2)36)27(41-17(3)37)28(42-18(4)38)29(44-24)34-13-20(25-22(31)6-5-7-23(25)34)12-19-8-10-21(11-9-19)43-30(32)33/h5-11,13,24,26-30H,12,14H2,1-4H3/t24-,26-,27+,28-,29-/m1/s1. The first-order valence-electron chi connectivity index (χ1n) is 13.5. The second kappa shape index (κ2) is 14.0. The first kappa shape index (κ1) is 32.7. The topological polar surface area (TPSA) is 129 Å². The van der Waals surface area contributed by atoms with Crippen LogP contribution < -0.4 is 4.74 Å². The molecule has 0 amide bonds. The molecule has 14 heteroatoms. The van der Waals surface area contributed by atoms with Gasteiger partial charge in [-0.05, 0) is 41.8 Å². The molecule has 44 heavy (non-hydrogen) atoms. The van der Waals surface area contributed by atoms with Crippen molar-refractivity contribution >= 4 is 46.4 Å². The lowest BCUT2D eigenvalue weighted by atomic mass is 9.97. The van der Waals surface area contributed by atoms with Crippen LogP contribution in [0.4, 0.5) is 8.78 Å². The van der Waals surface area contributed by atoms with Gasteiger partial charge in [0.1, 0.15) is 18.5 Å². The fourth-order valence-corrected chi connectivity index (χ4v) is 5.42. The molecule has 2 aromatic carbocycles. The molecule has 0 radical (unpaired) electrons. The smallest absolute Gasteiger partial charge is 0.387 e. The molecule has 0 bridgehead atoms. The molecule has 0 spiro atoms. The van der Waals surface area contributed by atoms with Gasteiger partial charge in [-0.25, -0.2) is 0 Å². The van der Waals surface area contributed by atoms with Crippen molar-refractivity contribution in [3.63, 3.8) is 0 Å². The largest absolute Gasteiger partial charge is 0.463 e. The van der Waals surface area contributed by atoms with Gasteiger partial charge in [0, 0.05) is 39.3 Å². The lowest BCUT2D eigenvalue weighted by Gasteiger charge is -2.44. The van der Waals surface area contributed by atoms with Gasteiger partial charge in [0.2, 0.25) is 0 Å². The van der Waals surface area contributed by atoms with Gasteiger partial charge >= 0.3 is 30.5 Å². The summed E-state index contributed by atoms with van der Waals surface area (Å²) in [6.07, 6.45) is -4.33. The first-order valence-corrected chi connectivity index (χ1v) is 13.8. The van der Waals surface area contributed by atoms with Crippen molar-refractivity contribution in [3.05, 3.63) is 64.8 Å². The molecule has 1 aromatic heterocycles. The minimum Gasteiger partial charge on any atom is -0.463 e. The Kier molecular flexibility index (Phi) is 10.4. The van der Waals surface area contributed by atoms with Gasteiger partial charge in [-0.1, -0.05) is 29.8 Å². The molecule has 0 N–H and O–H groups in total. The molecule has 1 aliphatic rings. The van der Waals surface area contributed by atoms with Gasteiger partial charge in [-0.3, -0.25) is 19.2 Å². The minimum atomic E-state index is -2.96. The average Bonchev–Trinajstić information content (AvgIpc) is 3.29. The Bertz CT molecular complexity index is 1530. The highest BCUT2D eigenvalue weighted by Crippen LogP contribution is 2.39. The maximum Gasteiger partial charge on any atom is 0.387 e. The molecule has 3 aromatic rings. The van der Waals surface area contributed by atoms with Crippen LogP contribution in [0, 0.1) is 0 Å². The van der Waals surface area contributed by atoms with E-state index in [1.165, 1.54) is 19.1 Å². The summed E-state index contributed by atoms with van der Waals surface area (Å²) in [4.78, 5) is 48.3. The van der Waals surface area contributed by atoms with Crippen LogP contribution >= 0.6 is 11.6 Å². The Morgan fingerprint density at radius 1 is 0.864 bits per heavy atom. The molecule has 236 valence electrons. The van der Waals surface area contributed by atoms with Crippen molar-refractivity contribution in [2.24, 2.45) is 0 Å². The maximum absolute atomic E-state index is 12.6. The number of carbonyl (C=O) groups is 4. The van der Waals surface area contributed by atoms with E-state index < -0.39 is 61.1 Å². The molecule has 5 atom stereocenters. The van der Waals surface area contributed by atoms with Gasteiger partial charge in [-0.15, -0.1) is 0 Å². The van der Waals surface area contributed by atoms with Crippen molar-refractivity contribution in [2.45, 2.75) is 71.4 Å². The van der Waals surface area contributed by atoms with Crippen LogP contribution in [0.1, 0.15) is 45.0 Å². The first-order chi connectivity index (χ1) is 20.8. The molecular formula is C30H30ClF2NO10. The van der Waals surface area contributed by atoms with E-state index in [0.717, 1.165) is 26.3 Å². The zero-order valence-electron chi connectivity index (χ0n) is 24.2. The quantitative estimate of drug-likeness (QED) is 0.227. The number of halogens is 3. The highest BCUT2D eigenvalue weighted by Gasteiger charge is 2.53. The predicted molar refractivity (Wildman–Crippen MR) is 150 cm³/mol. The van der Waals surface area contributed by atoms with Crippen molar-refractivity contribution in [3.8, 4) is 5.75 Å². The second-order valence-corrected chi connectivity index (χ2v) is 10.4. The highest BCUT2D eigenvalue weighted by molar-refractivity contribution is 6.35. The number of nitrogens with zero attached hydrogens (tertiary/aromatic N) is 1. The molecule has 2 heterocycles. The van der Waals surface area contributed by atoms with E-state index in [1.54, 1.807) is 41.1 Å². The lowest BCUT2D eigenvalue weighted by molar-refractivity contribution is -0.267. The third kappa shape index (κ3) is 7.83. The van der Waals surface area contributed by atoms with Crippen LogP contribution in [0.3, 0.4) is 0 Å². The number of hydrogen-bond donors (Lipinski definition) is 0. The van der Waals surface area contributed by atoms with E-state index in [1.807, 2.05) is 0 Å². The summed E-state index contributed by atoms with van der Waals surface area (Å²) in [5, 5.41) is 1.01. The van der Waals surface area contributed by atoms with E-state index in [4.69, 9.17) is 35.3 Å². The second-order valence-electron chi connectivity index (χ2n) is 9.98. The SMILES string of the molecule is CC(=O)OC[C@H]1O[C@@H](n2cc(Cc3ccc(OC(F)F)cc3)c3c(Cl)cccc32)[C@H](OC(C)=O)[C@@H](OC(C)=O)[C@@H]1OC(C)=O. The Balaban J connectivity index is 1.83. The summed E-state index contributed by atoms with van der Waals surface area (Å²) in [6, 6.07) is 11.2. The summed E-state index contributed by atoms with van der Waals surface area (Å²) in [5.41, 5.74) is 1.99. The number of carbonyl (C=O) groups excluding carboxylic acids is 4. The minimum absolute atomic E-state index is 0.00158. The monoisotopic (exact) mass is 637 g/mol. The number of benzene rings is 2. The van der Waals surface area contributed by atoms with Crippen LogP contribution in [-0.4, -0.2) is 66.1 Å². The Morgan fingerprint density at radius 2 is 1.48 bits per heavy atom. The lowest BCUT2D eigenvalue weighted by Crippen LogP contribution is -2.60. The van der Waals surface area contributed by atoms with E-state index in [9.17, 15) is 28.0 Å². The van der Waals surface area contributed by atoms with Crippen LogP contribution in [-0.2, 0) is 49.3 Å². The molecule has 0 aliphatic carbocycles. The third-order valence-electron chi connectivity index (χ3n) is 6.67. The average molecular weight is 638 g/mol. The van der Waals surface area contributed by atoms with E-state index in [-0.39, 0.29) is 12.4 Å². The van der Waals surface area contributed by atoms with E-state index in [0.29, 0.717) is 27.9 Å². The fraction of sp³-hybridized carbons (Fsp3) is 0.400. The number of ether oxygens (including phenoxy) is 6. The number of hydrogen-bond acceptors (Lipinski definition) is 10.